The summed E-state index contributed by atoms with van der Waals surface area (Å²) in [5, 5.41) is 10.4. The number of alkyl halides is 3. The van der Waals surface area contributed by atoms with Crippen LogP contribution < -0.4 is 0 Å². The Hall–Kier alpha value is -3.90. The van der Waals surface area contributed by atoms with Crippen molar-refractivity contribution >= 4 is 5.97 Å². The van der Waals surface area contributed by atoms with Gasteiger partial charge in [-0.2, -0.15) is 13.2 Å². The van der Waals surface area contributed by atoms with Crippen LogP contribution in [0.5, 0.6) is 0 Å². The van der Waals surface area contributed by atoms with Crippen LogP contribution in [0.15, 0.2) is 103 Å². The molecular weight excluding hydrogens is 547 g/mol. The highest BCUT2D eigenvalue weighted by atomic mass is 19.4. The third-order valence-corrected chi connectivity index (χ3v) is 8.87. The third kappa shape index (κ3) is 5.85. The van der Waals surface area contributed by atoms with Crippen LogP contribution in [0.3, 0.4) is 0 Å². The second-order valence-corrected chi connectivity index (χ2v) is 12.0. The van der Waals surface area contributed by atoms with Gasteiger partial charge in [-0.25, -0.2) is 0 Å². The van der Waals surface area contributed by atoms with Gasteiger partial charge in [0, 0.05) is 5.92 Å². The average molecular weight is 586 g/mol. The van der Waals surface area contributed by atoms with Crippen molar-refractivity contribution in [3.63, 3.8) is 0 Å². The first-order chi connectivity index (χ1) is 20.5. The number of carbonyl (C=O) groups is 1. The highest BCUT2D eigenvalue weighted by Crippen LogP contribution is 2.55. The molecule has 0 spiro atoms. The Morgan fingerprint density at radius 3 is 1.91 bits per heavy atom. The molecule has 1 saturated heterocycles. The molecule has 1 N–H and O–H groups in total. The van der Waals surface area contributed by atoms with Crippen molar-refractivity contribution in [3.8, 4) is 11.1 Å². The van der Waals surface area contributed by atoms with E-state index in [1.807, 2.05) is 112 Å². The van der Waals surface area contributed by atoms with Gasteiger partial charge in [0.15, 0.2) is 0 Å². The average Bonchev–Trinajstić information content (AvgIpc) is 3.00. The van der Waals surface area contributed by atoms with Gasteiger partial charge in [0.25, 0.3) is 0 Å². The van der Waals surface area contributed by atoms with Crippen LogP contribution >= 0.6 is 0 Å². The molecule has 2 atom stereocenters. The summed E-state index contributed by atoms with van der Waals surface area (Å²) in [5.74, 6) is -3.26. The van der Waals surface area contributed by atoms with Crippen molar-refractivity contribution in [2.45, 2.75) is 56.7 Å². The molecule has 2 unspecified atom stereocenters. The van der Waals surface area contributed by atoms with Gasteiger partial charge in [-0.05, 0) is 78.2 Å². The monoisotopic (exact) mass is 585 g/mol. The molecule has 1 aliphatic rings. The fraction of sp³-hybridized carbons (Fsp3) is 0.324. The van der Waals surface area contributed by atoms with Gasteiger partial charge in [-0.1, -0.05) is 111 Å². The maximum Gasteiger partial charge on any atom is 0.416 e. The van der Waals surface area contributed by atoms with Gasteiger partial charge in [0.05, 0.1) is 17.0 Å². The molecule has 43 heavy (non-hydrogen) atoms. The van der Waals surface area contributed by atoms with Gasteiger partial charge >= 0.3 is 12.1 Å². The topological polar surface area (TPSA) is 40.5 Å². The van der Waals surface area contributed by atoms with Crippen LogP contribution in [-0.2, 0) is 16.5 Å². The number of likely N-dealkylation sites (tertiary alicyclic amines) is 1. The number of hydrogen-bond acceptors (Lipinski definition) is 2. The van der Waals surface area contributed by atoms with E-state index in [9.17, 15) is 9.90 Å². The molecule has 4 aromatic rings. The number of aliphatic carboxylic acids is 1. The zero-order chi connectivity index (χ0) is 30.8. The van der Waals surface area contributed by atoms with Crippen LogP contribution in [0.4, 0.5) is 13.2 Å². The summed E-state index contributed by atoms with van der Waals surface area (Å²) in [5.41, 5.74) is 1.43. The SMILES string of the molecule is CC(C)CC(C(=O)O)c1cc(-c2ccccc2)cc(C2CCCN(C)C2(c2ccccc2)c2ccccc2)c1C(F)(F)F. The molecule has 0 bridgehead atoms. The highest BCUT2D eigenvalue weighted by molar-refractivity contribution is 5.79. The second-order valence-electron chi connectivity index (χ2n) is 12.0. The van der Waals surface area contributed by atoms with E-state index in [1.165, 1.54) is 6.07 Å². The molecule has 0 radical (unpaired) electrons. The molecule has 1 aliphatic heterocycles. The van der Waals surface area contributed by atoms with Gasteiger partial charge in [-0.3, -0.25) is 9.69 Å². The largest absolute Gasteiger partial charge is 0.481 e. The third-order valence-electron chi connectivity index (χ3n) is 8.87. The van der Waals surface area contributed by atoms with Crippen molar-refractivity contribution in [1.82, 2.24) is 4.90 Å². The second kappa shape index (κ2) is 12.4. The van der Waals surface area contributed by atoms with E-state index >= 15 is 13.2 Å². The summed E-state index contributed by atoms with van der Waals surface area (Å²) in [7, 11) is 1.99. The molecule has 0 aliphatic carbocycles. The number of likely N-dealkylation sites (N-methyl/N-ethyl adjacent to an activating group) is 1. The molecule has 0 aromatic heterocycles. The number of carboxylic acid groups (broad SMARTS) is 1. The standard InChI is InChI=1S/C37H38F3NO2/c1-25(2)22-31(35(42)43)30-23-27(26-14-7-4-8-15-26)24-32(34(30)37(38,39)40)33-20-13-21-41(3)36(33,28-16-9-5-10-17-28)29-18-11-6-12-19-29/h4-12,14-19,23-25,31,33H,13,20-22H2,1-3H3,(H,42,43). The lowest BCUT2D eigenvalue weighted by Gasteiger charge is -2.52. The summed E-state index contributed by atoms with van der Waals surface area (Å²) < 4.78 is 46.5. The molecule has 3 nitrogen and oxygen atoms in total. The first-order valence-corrected chi connectivity index (χ1v) is 14.9. The minimum absolute atomic E-state index is 0.100. The zero-order valence-electron chi connectivity index (χ0n) is 24.8. The normalized spacial score (nSPS) is 18.0. The number of halogens is 3. The lowest BCUT2D eigenvalue weighted by Crippen LogP contribution is -2.53. The lowest BCUT2D eigenvalue weighted by molar-refractivity contribution is -0.142. The van der Waals surface area contributed by atoms with E-state index in [4.69, 9.17) is 0 Å². The predicted octanol–water partition coefficient (Wildman–Crippen LogP) is 9.34. The Bertz CT molecular complexity index is 1500. The molecule has 1 heterocycles. The smallest absolute Gasteiger partial charge is 0.416 e. The van der Waals surface area contributed by atoms with Crippen molar-refractivity contribution < 1.29 is 23.1 Å². The van der Waals surface area contributed by atoms with Gasteiger partial charge in [-0.15, -0.1) is 0 Å². The number of nitrogens with zero attached hydrogens (tertiary/aromatic N) is 1. The van der Waals surface area contributed by atoms with Crippen LogP contribution in [0.1, 0.15) is 72.8 Å². The van der Waals surface area contributed by atoms with E-state index in [0.717, 1.165) is 16.7 Å². The molecule has 6 heteroatoms. The van der Waals surface area contributed by atoms with Crippen molar-refractivity contribution in [2.24, 2.45) is 5.92 Å². The van der Waals surface area contributed by atoms with Gasteiger partial charge < -0.3 is 5.11 Å². The Morgan fingerprint density at radius 1 is 0.884 bits per heavy atom. The van der Waals surface area contributed by atoms with E-state index in [2.05, 4.69) is 4.90 Å². The summed E-state index contributed by atoms with van der Waals surface area (Å²) in [6.45, 7) is 4.39. The minimum Gasteiger partial charge on any atom is -0.481 e. The van der Waals surface area contributed by atoms with Crippen molar-refractivity contribution in [1.29, 1.82) is 0 Å². The number of hydrogen-bond donors (Lipinski definition) is 1. The maximum atomic E-state index is 15.5. The summed E-state index contributed by atoms with van der Waals surface area (Å²) in [6.07, 6.45) is -3.45. The fourth-order valence-electron chi connectivity index (χ4n) is 7.15. The summed E-state index contributed by atoms with van der Waals surface area (Å²) >= 11 is 0. The molecule has 1 fully saturated rings. The number of benzene rings is 4. The van der Waals surface area contributed by atoms with E-state index < -0.39 is 35.1 Å². The number of carboxylic acids is 1. The Labute approximate surface area is 252 Å². The van der Waals surface area contributed by atoms with Gasteiger partial charge in [0.1, 0.15) is 0 Å². The van der Waals surface area contributed by atoms with E-state index in [0.29, 0.717) is 24.9 Å². The first-order valence-electron chi connectivity index (χ1n) is 14.9. The maximum absolute atomic E-state index is 15.5. The lowest BCUT2D eigenvalue weighted by atomic mass is 9.64. The molecule has 0 amide bonds. The minimum atomic E-state index is -4.76. The number of rotatable bonds is 8. The van der Waals surface area contributed by atoms with Crippen LogP contribution in [0, 0.1) is 5.92 Å². The van der Waals surface area contributed by atoms with Crippen molar-refractivity contribution in [2.75, 3.05) is 13.6 Å². The van der Waals surface area contributed by atoms with Crippen LogP contribution in [0.2, 0.25) is 0 Å². The first kappa shape index (κ1) is 30.6. The zero-order valence-corrected chi connectivity index (χ0v) is 24.8. The molecule has 4 aromatic carbocycles. The highest BCUT2D eigenvalue weighted by Gasteiger charge is 2.51. The Morgan fingerprint density at radius 2 is 1.42 bits per heavy atom. The Balaban J connectivity index is 1.92. The number of piperidine rings is 1. The quantitative estimate of drug-likeness (QED) is 0.224. The Kier molecular flexibility index (Phi) is 8.79. The van der Waals surface area contributed by atoms with Crippen LogP contribution in [0.25, 0.3) is 11.1 Å². The van der Waals surface area contributed by atoms with E-state index in [1.54, 1.807) is 6.07 Å². The summed E-state index contributed by atoms with van der Waals surface area (Å²) in [4.78, 5) is 14.9. The summed E-state index contributed by atoms with van der Waals surface area (Å²) in [6, 6.07) is 32.0. The van der Waals surface area contributed by atoms with Gasteiger partial charge in [0.2, 0.25) is 0 Å². The van der Waals surface area contributed by atoms with Crippen LogP contribution in [-0.4, -0.2) is 29.6 Å². The van der Waals surface area contributed by atoms with Crippen molar-refractivity contribution in [3.05, 3.63) is 131 Å². The molecule has 0 saturated carbocycles. The van der Waals surface area contributed by atoms with E-state index in [-0.39, 0.29) is 23.5 Å². The molecular formula is C37H38F3NO2. The predicted molar refractivity (Wildman–Crippen MR) is 165 cm³/mol. The fourth-order valence-corrected chi connectivity index (χ4v) is 7.15. The molecule has 224 valence electrons. The molecule has 5 rings (SSSR count).